The second-order valence-electron chi connectivity index (χ2n) is 8.46. The number of carbonyl (C=O) groups is 1. The fourth-order valence-electron chi connectivity index (χ4n) is 4.21. The molecule has 0 unspecified atom stereocenters. The molecule has 0 saturated heterocycles. The van der Waals surface area contributed by atoms with E-state index in [2.05, 4.69) is 60.3 Å². The maximum Gasteiger partial charge on any atom is 0.201 e. The van der Waals surface area contributed by atoms with Crippen molar-refractivity contribution in [3.8, 4) is 0 Å². The van der Waals surface area contributed by atoms with Gasteiger partial charge in [0.15, 0.2) is 0 Å². The highest BCUT2D eigenvalue weighted by molar-refractivity contribution is 6.77. The Morgan fingerprint density at radius 1 is 0.885 bits per heavy atom. The van der Waals surface area contributed by atoms with Gasteiger partial charge >= 0.3 is 0 Å². The molecule has 0 bridgehead atoms. The second kappa shape index (κ2) is 14.4. The summed E-state index contributed by atoms with van der Waals surface area (Å²) < 4.78 is 6.97. The van der Waals surface area contributed by atoms with Crippen molar-refractivity contribution in [1.82, 2.24) is 0 Å². The molecular formula is C23H44O2Si. The van der Waals surface area contributed by atoms with Gasteiger partial charge in [-0.2, -0.15) is 0 Å². The minimum atomic E-state index is -1.88. The van der Waals surface area contributed by atoms with Gasteiger partial charge in [-0.3, -0.25) is 0 Å². The molecule has 1 atom stereocenters. The van der Waals surface area contributed by atoms with Crippen LogP contribution >= 0.6 is 0 Å². The number of aldehydes is 1. The van der Waals surface area contributed by atoms with Gasteiger partial charge in [-0.05, 0) is 41.6 Å². The van der Waals surface area contributed by atoms with Crippen LogP contribution < -0.4 is 0 Å². The Bertz CT molecular complexity index is 398. The standard InChI is InChI=1S/C23H44O2Si/c1-8-9-10-11-14-17-23(18-15-12-13-16-19-24)25-26(20(2)3,21(4)5)22(6)7/h12,18-23H,8-11,13-14,16-17H2,1-7H3/t15?,23-/m0/s1. The SMILES string of the molecule is CCCCCCC[C@@H](C=C=CCCC=O)O[Si](C(C)C)(C(C)C)C(C)C. The van der Waals surface area contributed by atoms with Gasteiger partial charge in [0.2, 0.25) is 8.32 Å². The van der Waals surface area contributed by atoms with Crippen LogP contribution in [0.2, 0.25) is 16.6 Å². The molecule has 0 heterocycles. The van der Waals surface area contributed by atoms with Crippen molar-refractivity contribution in [3.63, 3.8) is 0 Å². The lowest BCUT2D eigenvalue weighted by atomic mass is 10.1. The zero-order chi connectivity index (χ0) is 20.0. The highest BCUT2D eigenvalue weighted by Crippen LogP contribution is 2.43. The van der Waals surface area contributed by atoms with Gasteiger partial charge in [0, 0.05) is 6.42 Å². The topological polar surface area (TPSA) is 26.3 Å². The molecule has 0 radical (unpaired) electrons. The molecule has 0 aromatic heterocycles. The predicted molar refractivity (Wildman–Crippen MR) is 117 cm³/mol. The third-order valence-electron chi connectivity index (χ3n) is 5.48. The molecule has 0 aliphatic carbocycles. The van der Waals surface area contributed by atoms with Gasteiger partial charge in [-0.25, -0.2) is 0 Å². The van der Waals surface area contributed by atoms with E-state index in [4.69, 9.17) is 4.43 Å². The zero-order valence-electron chi connectivity index (χ0n) is 18.5. The van der Waals surface area contributed by atoms with Gasteiger partial charge < -0.3 is 9.22 Å². The minimum Gasteiger partial charge on any atom is -0.409 e. The molecule has 0 rings (SSSR count). The molecule has 0 saturated carbocycles. The second-order valence-corrected chi connectivity index (χ2v) is 13.9. The summed E-state index contributed by atoms with van der Waals surface area (Å²) >= 11 is 0. The van der Waals surface area contributed by atoms with E-state index in [0.717, 1.165) is 19.1 Å². The quantitative estimate of drug-likeness (QED) is 0.126. The van der Waals surface area contributed by atoms with Crippen LogP contribution in [0.4, 0.5) is 0 Å². The third kappa shape index (κ3) is 8.84. The average Bonchev–Trinajstić information content (AvgIpc) is 2.57. The zero-order valence-corrected chi connectivity index (χ0v) is 19.5. The van der Waals surface area contributed by atoms with Gasteiger partial charge in [-0.1, -0.05) is 80.6 Å². The summed E-state index contributed by atoms with van der Waals surface area (Å²) in [5, 5.41) is 0. The summed E-state index contributed by atoms with van der Waals surface area (Å²) in [6, 6.07) is 0. The fraction of sp³-hybridized carbons (Fsp3) is 0.826. The van der Waals surface area contributed by atoms with Crippen molar-refractivity contribution in [2.75, 3.05) is 0 Å². The summed E-state index contributed by atoms with van der Waals surface area (Å²) in [4.78, 5) is 10.5. The van der Waals surface area contributed by atoms with Crippen molar-refractivity contribution in [3.05, 3.63) is 17.9 Å². The van der Waals surface area contributed by atoms with Gasteiger partial charge in [0.1, 0.15) is 6.29 Å². The van der Waals surface area contributed by atoms with Crippen molar-refractivity contribution < 1.29 is 9.22 Å². The first-order valence-electron chi connectivity index (χ1n) is 10.8. The van der Waals surface area contributed by atoms with Crippen molar-refractivity contribution in [1.29, 1.82) is 0 Å². The molecule has 3 heteroatoms. The van der Waals surface area contributed by atoms with E-state index in [9.17, 15) is 4.79 Å². The lowest BCUT2D eigenvalue weighted by Crippen LogP contribution is -2.49. The molecule has 0 N–H and O–H groups in total. The predicted octanol–water partition coefficient (Wildman–Crippen LogP) is 7.60. The first-order chi connectivity index (χ1) is 12.3. The van der Waals surface area contributed by atoms with E-state index >= 15 is 0 Å². The van der Waals surface area contributed by atoms with E-state index in [-0.39, 0.29) is 6.10 Å². The number of unbranched alkanes of at least 4 members (excludes halogenated alkanes) is 5. The number of rotatable bonds is 15. The largest absolute Gasteiger partial charge is 0.409 e. The Labute approximate surface area is 164 Å². The third-order valence-corrected chi connectivity index (χ3v) is 11.6. The van der Waals surface area contributed by atoms with Crippen LogP contribution in [0.5, 0.6) is 0 Å². The Kier molecular flexibility index (Phi) is 14.1. The fourth-order valence-corrected chi connectivity index (χ4v) is 9.73. The maximum absolute atomic E-state index is 10.5. The first-order valence-corrected chi connectivity index (χ1v) is 13.0. The lowest BCUT2D eigenvalue weighted by molar-refractivity contribution is -0.107. The Balaban J connectivity index is 5.20. The number of hydrogen-bond donors (Lipinski definition) is 0. The summed E-state index contributed by atoms with van der Waals surface area (Å²) in [6.45, 7) is 16.3. The van der Waals surface area contributed by atoms with Crippen molar-refractivity contribution >= 4 is 14.6 Å². The van der Waals surface area contributed by atoms with Crippen molar-refractivity contribution in [2.24, 2.45) is 0 Å². The van der Waals surface area contributed by atoms with Crippen LogP contribution in [-0.2, 0) is 9.22 Å². The summed E-state index contributed by atoms with van der Waals surface area (Å²) in [5.41, 5.74) is 5.08. The summed E-state index contributed by atoms with van der Waals surface area (Å²) in [7, 11) is -1.88. The molecule has 2 nitrogen and oxygen atoms in total. The molecule has 0 aromatic carbocycles. The van der Waals surface area contributed by atoms with Crippen molar-refractivity contribution in [2.45, 2.75) is 123 Å². The maximum atomic E-state index is 10.5. The molecule has 0 aliphatic rings. The Morgan fingerprint density at radius 2 is 1.46 bits per heavy atom. The monoisotopic (exact) mass is 380 g/mol. The van der Waals surface area contributed by atoms with Gasteiger partial charge in [-0.15, -0.1) is 5.73 Å². The lowest BCUT2D eigenvalue weighted by Gasteiger charge is -2.44. The first kappa shape index (κ1) is 25.4. The summed E-state index contributed by atoms with van der Waals surface area (Å²) in [5.74, 6) is 0. The molecule has 0 amide bonds. The van der Waals surface area contributed by atoms with Crippen LogP contribution in [0, 0.1) is 0 Å². The molecule has 152 valence electrons. The molecule has 0 spiro atoms. The number of carbonyl (C=O) groups excluding carboxylic acids is 1. The minimum absolute atomic E-state index is 0.156. The highest BCUT2D eigenvalue weighted by atomic mass is 28.4. The van der Waals surface area contributed by atoms with Crippen LogP contribution in [0.15, 0.2) is 17.9 Å². The normalized spacial score (nSPS) is 13.2. The van der Waals surface area contributed by atoms with E-state index in [0.29, 0.717) is 23.0 Å². The van der Waals surface area contributed by atoms with Gasteiger partial charge in [0.05, 0.1) is 6.10 Å². The number of hydrogen-bond acceptors (Lipinski definition) is 2. The molecule has 0 aromatic rings. The van der Waals surface area contributed by atoms with Gasteiger partial charge in [0.25, 0.3) is 0 Å². The molecular weight excluding hydrogens is 336 g/mol. The van der Waals surface area contributed by atoms with Crippen LogP contribution in [0.25, 0.3) is 0 Å². The van der Waals surface area contributed by atoms with E-state index in [1.54, 1.807) is 0 Å². The molecule has 0 fully saturated rings. The average molecular weight is 381 g/mol. The highest BCUT2D eigenvalue weighted by Gasteiger charge is 2.46. The smallest absolute Gasteiger partial charge is 0.201 e. The summed E-state index contributed by atoms with van der Waals surface area (Å²) in [6.07, 6.45) is 14.1. The Hall–Kier alpha value is -0.633. The van der Waals surface area contributed by atoms with Crippen LogP contribution in [0.1, 0.15) is 99.8 Å². The van der Waals surface area contributed by atoms with Crippen LogP contribution in [-0.4, -0.2) is 20.7 Å². The molecule has 26 heavy (non-hydrogen) atoms. The van der Waals surface area contributed by atoms with E-state index < -0.39 is 8.32 Å². The molecule has 0 aliphatic heterocycles. The van der Waals surface area contributed by atoms with Crippen LogP contribution in [0.3, 0.4) is 0 Å². The Morgan fingerprint density at radius 3 is 1.96 bits per heavy atom. The van der Waals surface area contributed by atoms with E-state index in [1.165, 1.54) is 32.1 Å². The van der Waals surface area contributed by atoms with E-state index in [1.807, 2.05) is 6.08 Å².